The Labute approximate surface area is 93.6 Å². The van der Waals surface area contributed by atoms with Crippen LogP contribution in [-0.2, 0) is 4.79 Å². The van der Waals surface area contributed by atoms with Gasteiger partial charge in [-0.25, -0.2) is 4.79 Å². The van der Waals surface area contributed by atoms with Gasteiger partial charge in [-0.15, -0.1) is 0 Å². The second kappa shape index (κ2) is 4.38. The molecule has 16 heavy (non-hydrogen) atoms. The van der Waals surface area contributed by atoms with E-state index >= 15 is 0 Å². The zero-order valence-electron chi connectivity index (χ0n) is 8.87. The second-order valence-electron chi connectivity index (χ2n) is 3.97. The number of carbonyl (C=O) groups is 2. The van der Waals surface area contributed by atoms with Crippen LogP contribution >= 0.6 is 0 Å². The summed E-state index contributed by atoms with van der Waals surface area (Å²) in [5.41, 5.74) is 0. The SMILES string of the molecule is O=C(C1CCN(C(=O)O)C1)N1C=CC=CC1. The minimum Gasteiger partial charge on any atom is -0.465 e. The lowest BCUT2D eigenvalue weighted by Gasteiger charge is -2.22. The van der Waals surface area contributed by atoms with Gasteiger partial charge < -0.3 is 14.9 Å². The number of hydrogen-bond acceptors (Lipinski definition) is 2. The van der Waals surface area contributed by atoms with Gasteiger partial charge in [-0.1, -0.05) is 12.2 Å². The first-order chi connectivity index (χ1) is 7.68. The van der Waals surface area contributed by atoms with E-state index in [2.05, 4.69) is 0 Å². The Morgan fingerprint density at radius 3 is 2.69 bits per heavy atom. The van der Waals surface area contributed by atoms with Crippen LogP contribution in [0.1, 0.15) is 6.42 Å². The highest BCUT2D eigenvalue weighted by molar-refractivity contribution is 5.81. The number of rotatable bonds is 1. The molecule has 2 heterocycles. The molecule has 2 amide bonds. The van der Waals surface area contributed by atoms with Gasteiger partial charge in [0.1, 0.15) is 0 Å². The van der Waals surface area contributed by atoms with Gasteiger partial charge in [0, 0.05) is 25.8 Å². The van der Waals surface area contributed by atoms with Crippen LogP contribution in [0.15, 0.2) is 24.4 Å². The van der Waals surface area contributed by atoms with E-state index in [4.69, 9.17) is 5.11 Å². The summed E-state index contributed by atoms with van der Waals surface area (Å²) < 4.78 is 0. The van der Waals surface area contributed by atoms with Crippen molar-refractivity contribution in [2.75, 3.05) is 19.6 Å². The van der Waals surface area contributed by atoms with Crippen LogP contribution in [0.5, 0.6) is 0 Å². The van der Waals surface area contributed by atoms with Crippen molar-refractivity contribution in [2.45, 2.75) is 6.42 Å². The molecule has 2 rings (SSSR count). The molecule has 1 atom stereocenters. The van der Waals surface area contributed by atoms with Crippen molar-refractivity contribution < 1.29 is 14.7 Å². The maximum atomic E-state index is 12.0. The molecule has 0 bridgehead atoms. The molecule has 1 N–H and O–H groups in total. The highest BCUT2D eigenvalue weighted by Crippen LogP contribution is 2.19. The molecule has 5 nitrogen and oxygen atoms in total. The highest BCUT2D eigenvalue weighted by Gasteiger charge is 2.32. The van der Waals surface area contributed by atoms with Crippen molar-refractivity contribution in [3.8, 4) is 0 Å². The molecule has 0 aromatic rings. The summed E-state index contributed by atoms with van der Waals surface area (Å²) in [6.07, 6.45) is 7.03. The number of hydrogen-bond donors (Lipinski definition) is 1. The third kappa shape index (κ3) is 2.08. The molecule has 1 unspecified atom stereocenters. The van der Waals surface area contributed by atoms with Crippen LogP contribution in [0.4, 0.5) is 4.79 Å². The molecule has 0 spiro atoms. The molecular formula is C11H14N2O3. The van der Waals surface area contributed by atoms with Crippen molar-refractivity contribution in [2.24, 2.45) is 5.92 Å². The fourth-order valence-corrected chi connectivity index (χ4v) is 2.00. The van der Waals surface area contributed by atoms with Gasteiger partial charge >= 0.3 is 6.09 Å². The number of likely N-dealkylation sites (tertiary alicyclic amines) is 1. The van der Waals surface area contributed by atoms with Crippen molar-refractivity contribution in [1.29, 1.82) is 0 Å². The molecule has 86 valence electrons. The Hall–Kier alpha value is -1.78. The third-order valence-electron chi connectivity index (χ3n) is 2.91. The minimum absolute atomic E-state index is 0.0179. The molecular weight excluding hydrogens is 208 g/mol. The number of amides is 2. The number of nitrogens with zero attached hydrogens (tertiary/aromatic N) is 2. The van der Waals surface area contributed by atoms with E-state index in [9.17, 15) is 9.59 Å². The van der Waals surface area contributed by atoms with Crippen LogP contribution in [0.3, 0.4) is 0 Å². The largest absolute Gasteiger partial charge is 0.465 e. The molecule has 0 aromatic heterocycles. The van der Waals surface area contributed by atoms with Crippen LogP contribution in [0.25, 0.3) is 0 Å². The first-order valence-electron chi connectivity index (χ1n) is 5.30. The highest BCUT2D eigenvalue weighted by atomic mass is 16.4. The number of carboxylic acid groups (broad SMARTS) is 1. The Bertz CT molecular complexity index is 362. The quantitative estimate of drug-likeness (QED) is 0.717. The lowest BCUT2D eigenvalue weighted by Crippen LogP contribution is -2.35. The second-order valence-corrected chi connectivity index (χ2v) is 3.97. The normalized spacial score (nSPS) is 23.9. The summed E-state index contributed by atoms with van der Waals surface area (Å²) in [5.74, 6) is -0.170. The van der Waals surface area contributed by atoms with E-state index in [0.29, 0.717) is 26.1 Å². The van der Waals surface area contributed by atoms with E-state index in [0.717, 1.165) is 0 Å². The fourth-order valence-electron chi connectivity index (χ4n) is 2.00. The van der Waals surface area contributed by atoms with Crippen LogP contribution < -0.4 is 0 Å². The van der Waals surface area contributed by atoms with E-state index in [1.807, 2.05) is 18.2 Å². The lowest BCUT2D eigenvalue weighted by molar-refractivity contribution is -0.132. The van der Waals surface area contributed by atoms with Gasteiger partial charge in [0.2, 0.25) is 5.91 Å². The first kappa shape index (κ1) is 10.7. The van der Waals surface area contributed by atoms with Crippen molar-refractivity contribution >= 4 is 12.0 Å². The van der Waals surface area contributed by atoms with Crippen LogP contribution in [0, 0.1) is 5.92 Å². The molecule has 0 saturated carbocycles. The topological polar surface area (TPSA) is 60.9 Å². The summed E-state index contributed by atoms with van der Waals surface area (Å²) in [4.78, 5) is 25.6. The van der Waals surface area contributed by atoms with Crippen molar-refractivity contribution in [3.63, 3.8) is 0 Å². The number of allylic oxidation sites excluding steroid dienone is 2. The third-order valence-corrected chi connectivity index (χ3v) is 2.91. The van der Waals surface area contributed by atoms with Gasteiger partial charge in [0.25, 0.3) is 0 Å². The Morgan fingerprint density at radius 2 is 2.12 bits per heavy atom. The Balaban J connectivity index is 1.94. The van der Waals surface area contributed by atoms with Gasteiger partial charge in [-0.3, -0.25) is 4.79 Å². The van der Waals surface area contributed by atoms with E-state index in [1.54, 1.807) is 11.1 Å². The Kier molecular flexibility index (Phi) is 2.94. The standard InChI is InChI=1S/C11H14N2O3/c14-10(12-5-2-1-3-6-12)9-4-7-13(8-9)11(15)16/h1-3,5,9H,4,6-8H2,(H,15,16). The smallest absolute Gasteiger partial charge is 0.407 e. The maximum absolute atomic E-state index is 12.0. The Morgan fingerprint density at radius 1 is 1.31 bits per heavy atom. The van der Waals surface area contributed by atoms with Crippen molar-refractivity contribution in [3.05, 3.63) is 24.4 Å². The van der Waals surface area contributed by atoms with Gasteiger partial charge in [-0.05, 0) is 12.5 Å². The van der Waals surface area contributed by atoms with Crippen LogP contribution in [0.2, 0.25) is 0 Å². The average Bonchev–Trinajstić information content (AvgIpc) is 2.78. The first-order valence-corrected chi connectivity index (χ1v) is 5.30. The molecule has 1 saturated heterocycles. The zero-order chi connectivity index (χ0) is 11.5. The average molecular weight is 222 g/mol. The molecule has 5 heteroatoms. The number of carbonyl (C=O) groups excluding carboxylic acids is 1. The van der Waals surface area contributed by atoms with Gasteiger partial charge in [0.15, 0.2) is 0 Å². The van der Waals surface area contributed by atoms with E-state index < -0.39 is 6.09 Å². The lowest BCUT2D eigenvalue weighted by atomic mass is 10.1. The molecule has 0 aromatic carbocycles. The summed E-state index contributed by atoms with van der Waals surface area (Å²) in [7, 11) is 0. The van der Waals surface area contributed by atoms with Crippen LogP contribution in [-0.4, -0.2) is 46.5 Å². The summed E-state index contributed by atoms with van der Waals surface area (Å²) in [6, 6.07) is 0. The van der Waals surface area contributed by atoms with E-state index in [-0.39, 0.29) is 11.8 Å². The fraction of sp³-hybridized carbons (Fsp3) is 0.455. The molecule has 2 aliphatic heterocycles. The van der Waals surface area contributed by atoms with Gasteiger partial charge in [-0.2, -0.15) is 0 Å². The molecule has 2 aliphatic rings. The predicted molar refractivity (Wildman–Crippen MR) is 57.7 cm³/mol. The monoisotopic (exact) mass is 222 g/mol. The predicted octanol–water partition coefficient (Wildman–Crippen LogP) is 0.898. The maximum Gasteiger partial charge on any atom is 0.407 e. The molecule has 1 fully saturated rings. The van der Waals surface area contributed by atoms with Crippen molar-refractivity contribution in [1.82, 2.24) is 9.80 Å². The minimum atomic E-state index is -0.940. The summed E-state index contributed by atoms with van der Waals surface area (Å²) in [6.45, 7) is 1.36. The van der Waals surface area contributed by atoms with Gasteiger partial charge in [0.05, 0.1) is 5.92 Å². The van der Waals surface area contributed by atoms with E-state index in [1.165, 1.54) is 4.90 Å². The molecule has 0 aliphatic carbocycles. The summed E-state index contributed by atoms with van der Waals surface area (Å²) >= 11 is 0. The zero-order valence-corrected chi connectivity index (χ0v) is 8.87. The molecule has 0 radical (unpaired) electrons. The summed E-state index contributed by atoms with van der Waals surface area (Å²) in [5, 5.41) is 8.80.